The predicted molar refractivity (Wildman–Crippen MR) is 106 cm³/mol. The summed E-state index contributed by atoms with van der Waals surface area (Å²) >= 11 is 3.42. The second-order valence-electron chi connectivity index (χ2n) is 5.93. The molecular weight excluding hydrogens is 408 g/mol. The van der Waals surface area contributed by atoms with Crippen LogP contribution in [-0.2, 0) is 0 Å². The third kappa shape index (κ3) is 3.54. The van der Waals surface area contributed by atoms with Gasteiger partial charge in [-0.1, -0.05) is 15.9 Å². The Kier molecular flexibility index (Phi) is 4.60. The first-order valence-corrected chi connectivity index (χ1v) is 9.02. The van der Waals surface area contributed by atoms with Crippen LogP contribution in [0.4, 0.5) is 5.69 Å². The van der Waals surface area contributed by atoms with E-state index in [2.05, 4.69) is 31.3 Å². The van der Waals surface area contributed by atoms with E-state index in [1.54, 1.807) is 17.1 Å². The Morgan fingerprint density at radius 2 is 1.81 bits per heavy atom. The van der Waals surface area contributed by atoms with Crippen molar-refractivity contribution in [1.29, 1.82) is 0 Å². The van der Waals surface area contributed by atoms with Gasteiger partial charge < -0.3 is 9.73 Å². The molecule has 0 aliphatic rings. The lowest BCUT2D eigenvalue weighted by Gasteiger charge is -2.07. The van der Waals surface area contributed by atoms with Crippen molar-refractivity contribution in [3.05, 3.63) is 83.0 Å². The van der Waals surface area contributed by atoms with Crippen LogP contribution in [0.1, 0.15) is 16.1 Å². The van der Waals surface area contributed by atoms with Gasteiger partial charge >= 0.3 is 0 Å². The summed E-state index contributed by atoms with van der Waals surface area (Å²) in [4.78, 5) is 16.5. The minimum atomic E-state index is -0.205. The third-order valence-electron chi connectivity index (χ3n) is 4.19. The normalized spacial score (nSPS) is 10.7. The zero-order chi connectivity index (χ0) is 18.8. The van der Waals surface area contributed by atoms with Crippen LogP contribution in [0.5, 0.6) is 0 Å². The van der Waals surface area contributed by atoms with E-state index in [0.717, 1.165) is 21.4 Å². The highest BCUT2D eigenvalue weighted by Gasteiger charge is 2.15. The smallest absolute Gasteiger partial charge is 0.259 e. The number of carbonyl (C=O) groups excluding carboxylic acids is 1. The van der Waals surface area contributed by atoms with Gasteiger partial charge in [0.05, 0.1) is 29.3 Å². The fourth-order valence-corrected chi connectivity index (χ4v) is 3.01. The van der Waals surface area contributed by atoms with Crippen molar-refractivity contribution in [3.63, 3.8) is 0 Å². The summed E-state index contributed by atoms with van der Waals surface area (Å²) in [5, 5.41) is 7.25. The molecule has 2 aromatic heterocycles. The van der Waals surface area contributed by atoms with E-state index in [-0.39, 0.29) is 5.91 Å². The van der Waals surface area contributed by atoms with Crippen molar-refractivity contribution in [1.82, 2.24) is 14.8 Å². The molecule has 4 aromatic rings. The van der Waals surface area contributed by atoms with E-state index in [4.69, 9.17) is 4.42 Å². The van der Waals surface area contributed by atoms with E-state index in [1.165, 1.54) is 6.39 Å². The first-order valence-electron chi connectivity index (χ1n) is 8.22. The second-order valence-corrected chi connectivity index (χ2v) is 6.84. The molecule has 4 rings (SSSR count). The minimum Gasteiger partial charge on any atom is -0.444 e. The van der Waals surface area contributed by atoms with Gasteiger partial charge in [-0.2, -0.15) is 5.10 Å². The Balaban J connectivity index is 1.52. The molecule has 0 saturated carbocycles. The molecule has 0 fully saturated rings. The molecule has 1 amide bonds. The van der Waals surface area contributed by atoms with Gasteiger partial charge in [-0.3, -0.25) is 4.79 Å². The largest absolute Gasteiger partial charge is 0.444 e. The van der Waals surface area contributed by atoms with Gasteiger partial charge in [0.1, 0.15) is 0 Å². The third-order valence-corrected chi connectivity index (χ3v) is 4.71. The molecule has 0 atom stereocenters. The van der Waals surface area contributed by atoms with Crippen LogP contribution in [-0.4, -0.2) is 20.7 Å². The van der Waals surface area contributed by atoms with Crippen LogP contribution in [0, 0.1) is 6.92 Å². The average molecular weight is 423 g/mol. The summed E-state index contributed by atoms with van der Waals surface area (Å²) < 4.78 is 8.00. The van der Waals surface area contributed by atoms with Gasteiger partial charge in [-0.15, -0.1) is 0 Å². The first-order chi connectivity index (χ1) is 13.1. The lowest BCUT2D eigenvalue weighted by molar-refractivity contribution is 0.102. The molecule has 0 unspecified atom stereocenters. The molecule has 2 aromatic carbocycles. The van der Waals surface area contributed by atoms with E-state index < -0.39 is 0 Å². The Morgan fingerprint density at radius 3 is 2.48 bits per heavy atom. The van der Waals surface area contributed by atoms with Crippen molar-refractivity contribution in [3.8, 4) is 17.0 Å². The van der Waals surface area contributed by atoms with Crippen molar-refractivity contribution < 1.29 is 9.21 Å². The predicted octanol–water partition coefficient (Wildman–Crippen LogP) is 4.85. The fourth-order valence-electron chi connectivity index (χ4n) is 2.75. The summed E-state index contributed by atoms with van der Waals surface area (Å²) in [7, 11) is 0. The van der Waals surface area contributed by atoms with E-state index in [1.807, 2.05) is 55.5 Å². The quantitative estimate of drug-likeness (QED) is 0.509. The summed E-state index contributed by atoms with van der Waals surface area (Å²) in [6.45, 7) is 1.87. The Hall–Kier alpha value is -3.19. The SMILES string of the molecule is Cc1c(C(=O)Nc2ccc(-c3cnco3)cc2)cnn1-c1ccc(Br)cc1. The number of aromatic nitrogens is 3. The van der Waals surface area contributed by atoms with Crippen molar-refractivity contribution in [2.75, 3.05) is 5.32 Å². The maximum atomic E-state index is 12.6. The number of carbonyl (C=O) groups is 1. The Morgan fingerprint density at radius 1 is 1.07 bits per heavy atom. The molecule has 7 heteroatoms. The minimum absolute atomic E-state index is 0.205. The van der Waals surface area contributed by atoms with Gasteiger partial charge in [0.25, 0.3) is 5.91 Å². The number of anilines is 1. The topological polar surface area (TPSA) is 73.0 Å². The second kappa shape index (κ2) is 7.20. The standard InChI is InChI=1S/C20H15BrN4O2/c1-13-18(10-23-25(13)17-8-4-15(21)5-9-17)20(26)24-16-6-2-14(3-7-16)19-11-22-12-27-19/h2-12H,1H3,(H,24,26). The highest BCUT2D eigenvalue weighted by Crippen LogP contribution is 2.22. The summed E-state index contributed by atoms with van der Waals surface area (Å²) in [5.41, 5.74) is 3.78. The average Bonchev–Trinajstić information content (AvgIpc) is 3.33. The van der Waals surface area contributed by atoms with Crippen molar-refractivity contribution in [2.45, 2.75) is 6.92 Å². The highest BCUT2D eigenvalue weighted by atomic mass is 79.9. The van der Waals surface area contributed by atoms with Gasteiger partial charge in [0.2, 0.25) is 0 Å². The summed E-state index contributed by atoms with van der Waals surface area (Å²) in [6, 6.07) is 15.1. The van der Waals surface area contributed by atoms with Crippen LogP contribution in [0.2, 0.25) is 0 Å². The molecule has 134 valence electrons. The maximum absolute atomic E-state index is 12.6. The van der Waals surface area contributed by atoms with Crippen LogP contribution < -0.4 is 5.32 Å². The lowest BCUT2D eigenvalue weighted by atomic mass is 10.1. The molecule has 0 aliphatic heterocycles. The molecule has 27 heavy (non-hydrogen) atoms. The molecule has 6 nitrogen and oxygen atoms in total. The fraction of sp³-hybridized carbons (Fsp3) is 0.0500. The van der Waals surface area contributed by atoms with Gasteiger partial charge in [0.15, 0.2) is 12.2 Å². The van der Waals surface area contributed by atoms with Crippen LogP contribution in [0.3, 0.4) is 0 Å². The number of amides is 1. The van der Waals surface area contributed by atoms with E-state index in [0.29, 0.717) is 17.0 Å². The zero-order valence-electron chi connectivity index (χ0n) is 14.4. The summed E-state index contributed by atoms with van der Waals surface area (Å²) in [6.07, 6.45) is 4.61. The maximum Gasteiger partial charge on any atom is 0.259 e. The zero-order valence-corrected chi connectivity index (χ0v) is 16.0. The number of oxazole rings is 1. The number of nitrogens with zero attached hydrogens (tertiary/aromatic N) is 3. The van der Waals surface area contributed by atoms with Crippen molar-refractivity contribution >= 4 is 27.5 Å². The monoisotopic (exact) mass is 422 g/mol. The Bertz CT molecular complexity index is 1070. The molecule has 2 heterocycles. The van der Waals surface area contributed by atoms with Gasteiger partial charge in [-0.25, -0.2) is 9.67 Å². The van der Waals surface area contributed by atoms with E-state index >= 15 is 0 Å². The molecular formula is C20H15BrN4O2. The molecule has 0 radical (unpaired) electrons. The molecule has 0 bridgehead atoms. The first kappa shape index (κ1) is 17.2. The van der Waals surface area contributed by atoms with Crippen LogP contribution >= 0.6 is 15.9 Å². The molecule has 0 saturated heterocycles. The Labute approximate surface area is 164 Å². The van der Waals surface area contributed by atoms with Crippen molar-refractivity contribution in [2.24, 2.45) is 0 Å². The van der Waals surface area contributed by atoms with Crippen LogP contribution in [0.15, 0.2) is 76.2 Å². The molecule has 0 aliphatic carbocycles. The van der Waals surface area contributed by atoms with Gasteiger partial charge in [0, 0.05) is 15.7 Å². The number of hydrogen-bond acceptors (Lipinski definition) is 4. The van der Waals surface area contributed by atoms with Gasteiger partial charge in [-0.05, 0) is 55.5 Å². The number of nitrogens with one attached hydrogen (secondary N) is 1. The number of halogens is 1. The molecule has 0 spiro atoms. The number of rotatable bonds is 4. The summed E-state index contributed by atoms with van der Waals surface area (Å²) in [5.74, 6) is 0.475. The lowest BCUT2D eigenvalue weighted by Crippen LogP contribution is -2.13. The number of hydrogen-bond donors (Lipinski definition) is 1. The molecule has 1 N–H and O–H groups in total. The highest BCUT2D eigenvalue weighted by molar-refractivity contribution is 9.10. The van der Waals surface area contributed by atoms with Crippen LogP contribution in [0.25, 0.3) is 17.0 Å². The van der Waals surface area contributed by atoms with E-state index in [9.17, 15) is 4.79 Å². The number of benzene rings is 2.